The van der Waals surface area contributed by atoms with Gasteiger partial charge in [-0.2, -0.15) is 0 Å². The van der Waals surface area contributed by atoms with Crippen LogP contribution in [0.4, 0.5) is 0 Å². The third kappa shape index (κ3) is 6.56. The predicted molar refractivity (Wildman–Crippen MR) is 118 cm³/mol. The second-order valence-corrected chi connectivity index (χ2v) is 9.34. The molecule has 1 fully saturated rings. The number of thiophene rings is 1. The molecule has 1 atom stereocenters. The van der Waals surface area contributed by atoms with Crippen molar-refractivity contribution in [1.29, 1.82) is 0 Å². The minimum absolute atomic E-state index is 0.0196. The number of carbonyl (C=O) groups is 1. The predicted octanol–water partition coefficient (Wildman–Crippen LogP) is 4.00. The number of hydrogen-bond acceptors (Lipinski definition) is 5. The molecule has 1 aromatic carbocycles. The standard InChI is InChI=1S/C23H32N2O3S/c1-23(2,3)18-6-8-19(9-7-18)28-13-10-22(26)24-17-20(21-5-4-16-29-21)25-11-14-27-15-12-25/h4-9,16,20H,10-15,17H2,1-3H3,(H,24,26)/t20-/m1/s1. The number of nitrogens with one attached hydrogen (secondary N) is 1. The maximum absolute atomic E-state index is 12.3. The molecule has 2 aromatic rings. The van der Waals surface area contributed by atoms with Gasteiger partial charge in [0, 0.05) is 24.5 Å². The summed E-state index contributed by atoms with van der Waals surface area (Å²) in [6.07, 6.45) is 0.349. The lowest BCUT2D eigenvalue weighted by molar-refractivity contribution is -0.121. The van der Waals surface area contributed by atoms with Crippen LogP contribution in [-0.4, -0.2) is 50.3 Å². The molecule has 5 nitrogen and oxygen atoms in total. The Morgan fingerprint density at radius 2 is 1.93 bits per heavy atom. The van der Waals surface area contributed by atoms with E-state index in [1.165, 1.54) is 10.4 Å². The highest BCUT2D eigenvalue weighted by atomic mass is 32.1. The molecule has 1 aromatic heterocycles. The largest absolute Gasteiger partial charge is 0.493 e. The molecule has 29 heavy (non-hydrogen) atoms. The fraction of sp³-hybridized carbons (Fsp3) is 0.522. The van der Waals surface area contributed by atoms with Gasteiger partial charge in [-0.15, -0.1) is 11.3 Å². The Bertz CT molecular complexity index is 747. The SMILES string of the molecule is CC(C)(C)c1ccc(OCCC(=O)NC[C@H](c2cccs2)N2CCOCC2)cc1. The van der Waals surface area contributed by atoms with Gasteiger partial charge < -0.3 is 14.8 Å². The maximum atomic E-state index is 12.3. The number of hydrogen-bond donors (Lipinski definition) is 1. The van der Waals surface area contributed by atoms with Crippen LogP contribution in [-0.2, 0) is 14.9 Å². The molecule has 1 aliphatic heterocycles. The summed E-state index contributed by atoms with van der Waals surface area (Å²) in [7, 11) is 0. The molecule has 1 amide bonds. The highest BCUT2D eigenvalue weighted by Gasteiger charge is 2.23. The zero-order valence-corrected chi connectivity index (χ0v) is 18.5. The van der Waals surface area contributed by atoms with Crippen LogP contribution in [0, 0.1) is 0 Å². The van der Waals surface area contributed by atoms with Crippen LogP contribution < -0.4 is 10.1 Å². The van der Waals surface area contributed by atoms with Gasteiger partial charge in [0.25, 0.3) is 0 Å². The first-order chi connectivity index (χ1) is 13.9. The lowest BCUT2D eigenvalue weighted by atomic mass is 9.87. The number of benzene rings is 1. The van der Waals surface area contributed by atoms with Gasteiger partial charge in [0.1, 0.15) is 5.75 Å². The lowest BCUT2D eigenvalue weighted by Gasteiger charge is -2.34. The van der Waals surface area contributed by atoms with Crippen LogP contribution in [0.25, 0.3) is 0 Å². The van der Waals surface area contributed by atoms with Crippen LogP contribution in [0.3, 0.4) is 0 Å². The number of carbonyl (C=O) groups excluding carboxylic acids is 1. The van der Waals surface area contributed by atoms with Gasteiger partial charge in [0.15, 0.2) is 0 Å². The van der Waals surface area contributed by atoms with Crippen LogP contribution in [0.2, 0.25) is 0 Å². The van der Waals surface area contributed by atoms with E-state index in [9.17, 15) is 4.79 Å². The monoisotopic (exact) mass is 416 g/mol. The van der Waals surface area contributed by atoms with Crippen LogP contribution in [0.5, 0.6) is 5.75 Å². The number of amides is 1. The maximum Gasteiger partial charge on any atom is 0.223 e. The van der Waals surface area contributed by atoms with E-state index in [4.69, 9.17) is 9.47 Å². The minimum atomic E-state index is 0.0196. The van der Waals surface area contributed by atoms with Crippen molar-refractivity contribution >= 4 is 17.2 Å². The first-order valence-corrected chi connectivity index (χ1v) is 11.2. The smallest absolute Gasteiger partial charge is 0.223 e. The van der Waals surface area contributed by atoms with E-state index >= 15 is 0 Å². The summed E-state index contributed by atoms with van der Waals surface area (Å²) in [5.74, 6) is 0.821. The van der Waals surface area contributed by atoms with Crippen molar-refractivity contribution in [3.63, 3.8) is 0 Å². The Morgan fingerprint density at radius 1 is 1.21 bits per heavy atom. The molecule has 0 bridgehead atoms. The summed E-state index contributed by atoms with van der Waals surface area (Å²) >= 11 is 1.74. The average molecular weight is 417 g/mol. The summed E-state index contributed by atoms with van der Waals surface area (Å²) in [4.78, 5) is 16.0. The summed E-state index contributed by atoms with van der Waals surface area (Å²) in [6.45, 7) is 10.8. The highest BCUT2D eigenvalue weighted by Crippen LogP contribution is 2.26. The van der Waals surface area contributed by atoms with Crippen molar-refractivity contribution in [2.45, 2.75) is 38.6 Å². The van der Waals surface area contributed by atoms with E-state index in [2.05, 4.69) is 60.6 Å². The molecule has 1 N–H and O–H groups in total. The molecule has 1 saturated heterocycles. The number of morpholine rings is 1. The van der Waals surface area contributed by atoms with Gasteiger partial charge in [-0.25, -0.2) is 0 Å². The van der Waals surface area contributed by atoms with E-state index < -0.39 is 0 Å². The Morgan fingerprint density at radius 3 is 2.55 bits per heavy atom. The zero-order valence-electron chi connectivity index (χ0n) is 17.6. The van der Waals surface area contributed by atoms with E-state index in [1.807, 2.05) is 12.1 Å². The van der Waals surface area contributed by atoms with Crippen LogP contribution >= 0.6 is 11.3 Å². The van der Waals surface area contributed by atoms with Crippen molar-refractivity contribution < 1.29 is 14.3 Å². The molecular formula is C23H32N2O3S. The topological polar surface area (TPSA) is 50.8 Å². The third-order valence-electron chi connectivity index (χ3n) is 5.17. The van der Waals surface area contributed by atoms with Crippen molar-refractivity contribution in [1.82, 2.24) is 10.2 Å². The Balaban J connectivity index is 1.44. The average Bonchev–Trinajstić information content (AvgIpc) is 3.23. The number of ether oxygens (including phenoxy) is 2. The van der Waals surface area contributed by atoms with Crippen molar-refractivity contribution in [3.8, 4) is 5.75 Å². The van der Waals surface area contributed by atoms with E-state index in [0.29, 0.717) is 19.6 Å². The first kappa shape index (κ1) is 21.8. The van der Waals surface area contributed by atoms with Crippen molar-refractivity contribution in [3.05, 3.63) is 52.2 Å². The summed E-state index contributed by atoms with van der Waals surface area (Å²) in [6, 6.07) is 12.5. The van der Waals surface area contributed by atoms with Gasteiger partial charge in [0.05, 0.1) is 32.3 Å². The molecule has 0 spiro atoms. The Labute approximate surface area is 178 Å². The number of nitrogens with zero attached hydrogens (tertiary/aromatic N) is 1. The summed E-state index contributed by atoms with van der Waals surface area (Å²) < 4.78 is 11.2. The number of rotatable bonds is 8. The van der Waals surface area contributed by atoms with Gasteiger partial charge >= 0.3 is 0 Å². The molecule has 158 valence electrons. The van der Waals surface area contributed by atoms with Crippen molar-refractivity contribution in [2.75, 3.05) is 39.5 Å². The van der Waals surface area contributed by atoms with Gasteiger partial charge in [-0.1, -0.05) is 39.0 Å². The van der Waals surface area contributed by atoms with E-state index in [1.54, 1.807) is 11.3 Å². The molecule has 0 saturated carbocycles. The van der Waals surface area contributed by atoms with Gasteiger partial charge in [-0.3, -0.25) is 9.69 Å². The highest BCUT2D eigenvalue weighted by molar-refractivity contribution is 7.10. The molecule has 3 rings (SSSR count). The third-order valence-corrected chi connectivity index (χ3v) is 6.14. The van der Waals surface area contributed by atoms with Crippen LogP contribution in [0.1, 0.15) is 43.7 Å². The van der Waals surface area contributed by atoms with Gasteiger partial charge in [-0.05, 0) is 34.6 Å². The van der Waals surface area contributed by atoms with Crippen molar-refractivity contribution in [2.24, 2.45) is 0 Å². The Kier molecular flexibility index (Phi) is 7.70. The molecule has 1 aliphatic rings. The molecule has 0 aliphatic carbocycles. The van der Waals surface area contributed by atoms with E-state index in [0.717, 1.165) is 32.1 Å². The molecule has 6 heteroatoms. The molecule has 2 heterocycles. The lowest BCUT2D eigenvalue weighted by Crippen LogP contribution is -2.43. The van der Waals surface area contributed by atoms with E-state index in [-0.39, 0.29) is 17.4 Å². The molecule has 0 radical (unpaired) electrons. The fourth-order valence-corrected chi connectivity index (χ4v) is 4.25. The summed E-state index contributed by atoms with van der Waals surface area (Å²) in [5.41, 5.74) is 1.39. The minimum Gasteiger partial charge on any atom is -0.493 e. The second kappa shape index (κ2) is 10.2. The van der Waals surface area contributed by atoms with Crippen LogP contribution in [0.15, 0.2) is 41.8 Å². The summed E-state index contributed by atoms with van der Waals surface area (Å²) in [5, 5.41) is 5.18. The van der Waals surface area contributed by atoms with Gasteiger partial charge in [0.2, 0.25) is 5.91 Å². The Hall–Kier alpha value is -1.89. The first-order valence-electron chi connectivity index (χ1n) is 10.3. The second-order valence-electron chi connectivity index (χ2n) is 8.36. The zero-order chi connectivity index (χ0) is 20.7. The molecular weight excluding hydrogens is 384 g/mol. The quantitative estimate of drug-likeness (QED) is 0.707. The molecule has 0 unspecified atom stereocenters. The fourth-order valence-electron chi connectivity index (χ4n) is 3.39. The normalized spacial score (nSPS) is 16.4.